The number of nitrogens with zero attached hydrogens (tertiary/aromatic N) is 2. The van der Waals surface area contributed by atoms with E-state index in [1.165, 1.54) is 107 Å². The van der Waals surface area contributed by atoms with Crippen molar-refractivity contribution in [2.75, 3.05) is 9.80 Å². The van der Waals surface area contributed by atoms with Gasteiger partial charge >= 0.3 is 385 Å². The summed E-state index contributed by atoms with van der Waals surface area (Å²) in [5, 5.41) is 0. The first-order chi connectivity index (χ1) is 29.7. The van der Waals surface area contributed by atoms with E-state index in [9.17, 15) is 19.4 Å². The number of hydrogen-bond donors (Lipinski definition) is 0. The molecule has 5 heteroatoms. The van der Waals surface area contributed by atoms with Crippen LogP contribution in [0.2, 0.25) is 0 Å². The molecule has 0 atom stereocenters. The molecule has 4 fully saturated rings. The molecule has 2 nitrogen and oxygen atoms in total. The van der Waals surface area contributed by atoms with E-state index in [4.69, 9.17) is 0 Å². The van der Waals surface area contributed by atoms with Crippen molar-refractivity contribution in [1.29, 1.82) is 0 Å². The number of benzene rings is 4. The van der Waals surface area contributed by atoms with Crippen molar-refractivity contribution in [3.05, 3.63) is 136 Å². The average Bonchev–Trinajstić information content (AvgIpc) is 3.86. The molecule has 5 aliphatic rings. The van der Waals surface area contributed by atoms with Crippen LogP contribution in [-0.2, 0) is 35.9 Å². The zero-order valence-electron chi connectivity index (χ0n) is 39.1. The molecule has 2 saturated carbocycles. The van der Waals surface area contributed by atoms with Gasteiger partial charge in [-0.3, -0.25) is 0 Å². The van der Waals surface area contributed by atoms with Gasteiger partial charge in [-0.1, -0.05) is 0 Å². The van der Waals surface area contributed by atoms with Gasteiger partial charge in [0.15, 0.2) is 0 Å². The van der Waals surface area contributed by atoms with E-state index < -0.39 is 10.3 Å². The molecule has 9 rings (SSSR count). The minimum atomic E-state index is -5.53. The van der Waals surface area contributed by atoms with Gasteiger partial charge in [-0.05, 0) is 0 Å². The van der Waals surface area contributed by atoms with Crippen LogP contribution in [0.15, 0.2) is 97.1 Å². The monoisotopic (exact) mass is 956 g/mol. The maximum atomic E-state index is 9.97. The minimum absolute atomic E-state index is 0.146. The molecule has 0 amide bonds. The van der Waals surface area contributed by atoms with E-state index in [0.717, 1.165) is 64.2 Å². The molecular formula is C57H72Cl2N2Ru-6. The quantitative estimate of drug-likeness (QED) is 0.170. The van der Waals surface area contributed by atoms with Crippen molar-refractivity contribution in [1.82, 2.24) is 0 Å². The molecule has 4 aromatic carbocycles. The third-order valence-electron chi connectivity index (χ3n) is 15.7. The third-order valence-corrected chi connectivity index (χ3v) is 28.3. The normalized spacial score (nSPS) is 22.0. The summed E-state index contributed by atoms with van der Waals surface area (Å²) in [5.74, 6) is 0. The molecule has 0 bridgehead atoms. The van der Waals surface area contributed by atoms with Crippen LogP contribution in [-0.4, -0.2) is 23.6 Å². The fourth-order valence-corrected chi connectivity index (χ4v) is 29.9. The summed E-state index contributed by atoms with van der Waals surface area (Å²) in [5.41, 5.74) is 12.7. The summed E-state index contributed by atoms with van der Waals surface area (Å²) < 4.78 is 4.06. The van der Waals surface area contributed by atoms with Crippen LogP contribution in [0.4, 0.5) is 11.4 Å². The number of aryl methyl sites for hydroxylation is 4. The molecule has 2 spiro atoms. The Morgan fingerprint density at radius 1 is 0.484 bits per heavy atom. The molecule has 2 heterocycles. The molecular weight excluding hydrogens is 885 g/mol. The molecule has 0 unspecified atom stereocenters. The topological polar surface area (TPSA) is 6.48 Å². The fourth-order valence-electron chi connectivity index (χ4n) is 13.5. The van der Waals surface area contributed by atoms with Gasteiger partial charge in [0.05, 0.1) is 0 Å². The summed E-state index contributed by atoms with van der Waals surface area (Å²) in [6.07, 6.45) is 20.4. The summed E-state index contributed by atoms with van der Waals surface area (Å²) >= 11 is 0. The van der Waals surface area contributed by atoms with Crippen LogP contribution in [0.25, 0.3) is 5.57 Å². The maximum absolute atomic E-state index is 9.97. The van der Waals surface area contributed by atoms with Crippen LogP contribution < -0.4 is 9.80 Å². The Labute approximate surface area is 382 Å². The number of anilines is 2. The standard InChI is InChI=1S/2C21H31N.C15H10.2ClH.Ru/c2*1-5-17-11-10-12-18(6-2)19(17)22-16-21(15-20(22,3)4)13-8-7-9-14-21;1-2-6-12(7-3-1)15-11-10-13-8-4-5-9-14(13)15;;;/h2*10-12H,5-9,13-15H2,1-4H3;1-9,11H;2*1H;/q;;;;;-4/p-2. The van der Waals surface area contributed by atoms with Crippen molar-refractivity contribution in [2.45, 2.75) is 169 Å². The first-order valence-electron chi connectivity index (χ1n) is 24.3. The van der Waals surface area contributed by atoms with E-state index in [-0.39, 0.29) is 21.9 Å². The van der Waals surface area contributed by atoms with Gasteiger partial charge in [0.1, 0.15) is 0 Å². The van der Waals surface area contributed by atoms with E-state index in [0.29, 0.717) is 0 Å². The fraction of sp³-hybridized carbons (Fsp3) is 0.491. The molecule has 3 aliphatic carbocycles. The third kappa shape index (κ3) is 6.66. The van der Waals surface area contributed by atoms with Gasteiger partial charge in [0, 0.05) is 0 Å². The van der Waals surface area contributed by atoms with Gasteiger partial charge in [0.2, 0.25) is 0 Å². The second-order valence-corrected chi connectivity index (χ2v) is 33.9. The Bertz CT molecular complexity index is 2520. The predicted octanol–water partition coefficient (Wildman–Crippen LogP) is 15.4. The van der Waals surface area contributed by atoms with Crippen molar-refractivity contribution >= 4 is 48.9 Å². The number of fused-ring (bicyclic) bond motifs is 1. The van der Waals surface area contributed by atoms with Crippen LogP contribution in [0.1, 0.15) is 171 Å². The predicted molar refractivity (Wildman–Crippen MR) is 270 cm³/mol. The second kappa shape index (κ2) is 16.2. The van der Waals surface area contributed by atoms with E-state index >= 15 is 0 Å². The van der Waals surface area contributed by atoms with Gasteiger partial charge in [-0.15, -0.1) is 0 Å². The van der Waals surface area contributed by atoms with Gasteiger partial charge in [0.25, 0.3) is 0 Å². The Morgan fingerprint density at radius 2 is 0.871 bits per heavy atom. The summed E-state index contributed by atoms with van der Waals surface area (Å²) in [7, 11) is 14.4. The number of hydrogen-bond acceptors (Lipinski definition) is 2. The zero-order chi connectivity index (χ0) is 43.7. The van der Waals surface area contributed by atoms with Crippen molar-refractivity contribution in [3.63, 3.8) is 0 Å². The van der Waals surface area contributed by atoms with Crippen molar-refractivity contribution in [3.8, 4) is 0 Å². The van der Waals surface area contributed by atoms with Crippen LogP contribution in [0.3, 0.4) is 0 Å². The molecule has 2 saturated heterocycles. The Hall–Kier alpha value is -2.97. The Morgan fingerprint density at radius 3 is 1.27 bits per heavy atom. The zero-order valence-corrected chi connectivity index (χ0v) is 42.3. The summed E-state index contributed by atoms with van der Waals surface area (Å²) in [6, 6.07) is 34.4. The van der Waals surface area contributed by atoms with Gasteiger partial charge < -0.3 is 0 Å². The molecule has 0 radical (unpaired) electrons. The second-order valence-electron chi connectivity index (χ2n) is 20.7. The van der Waals surface area contributed by atoms with Gasteiger partial charge in [-0.25, -0.2) is 0 Å². The number of halogens is 2. The molecule has 0 N–H and O–H groups in total. The van der Waals surface area contributed by atoms with E-state index in [1.807, 2.05) is 0 Å². The Balaban J connectivity index is 1.68. The first-order valence-corrected chi connectivity index (χ1v) is 31.3. The number of rotatable bonds is 7. The molecule has 0 aromatic heterocycles. The van der Waals surface area contributed by atoms with E-state index in [2.05, 4.69) is 162 Å². The van der Waals surface area contributed by atoms with E-state index in [1.54, 1.807) is 0 Å². The first kappa shape index (κ1) is 44.2. The number of para-hydroxylation sites is 2. The molecule has 4 aromatic rings. The summed E-state index contributed by atoms with van der Waals surface area (Å²) in [4.78, 5) is 5.79. The molecule has 338 valence electrons. The summed E-state index contributed by atoms with van der Waals surface area (Å²) in [6.45, 7) is 19.5. The molecule has 62 heavy (non-hydrogen) atoms. The van der Waals surface area contributed by atoms with Crippen LogP contribution in [0.5, 0.6) is 0 Å². The Kier molecular flexibility index (Phi) is 11.5. The number of allylic oxidation sites excluding steroid dienone is 1. The average molecular weight is 957 g/mol. The van der Waals surface area contributed by atoms with Crippen molar-refractivity contribution in [2.24, 2.45) is 10.8 Å². The van der Waals surface area contributed by atoms with Crippen molar-refractivity contribution < 1.29 is 10.3 Å². The van der Waals surface area contributed by atoms with Crippen LogP contribution in [0, 0.1) is 10.8 Å². The van der Waals surface area contributed by atoms with Crippen LogP contribution >= 0.6 is 19.4 Å². The molecule has 2 aliphatic heterocycles. The SMILES string of the molecule is CCc1cccc(CC)c1N1[C](=[Ru-6]([Cl])([Cl])(=[C]2C=C(c3ccccc3)c3ccccc32)=[C]2N(c3c(CC)cccc3CC)C(C)(C)CC23CCCCC3)C2(CCCCC2)CC1(C)C. The van der Waals surface area contributed by atoms with Gasteiger partial charge in [-0.2, -0.15) is 0 Å².